The van der Waals surface area contributed by atoms with Gasteiger partial charge < -0.3 is 24.0 Å². The van der Waals surface area contributed by atoms with Crippen molar-refractivity contribution < 1.29 is 28.5 Å². The molecule has 0 saturated heterocycles. The fraction of sp³-hybridized carbons (Fsp3) is 0.333. The van der Waals surface area contributed by atoms with Crippen LogP contribution in [0.15, 0.2) is 18.5 Å². The maximum absolute atomic E-state index is 4.16. The van der Waals surface area contributed by atoms with Gasteiger partial charge in [-0.05, 0) is 17.7 Å². The van der Waals surface area contributed by atoms with E-state index in [4.69, 9.17) is 0 Å². The van der Waals surface area contributed by atoms with E-state index in [0.29, 0.717) is 5.82 Å². The van der Waals surface area contributed by atoms with Gasteiger partial charge in [0.25, 0.3) is 0 Å². The summed E-state index contributed by atoms with van der Waals surface area (Å²) in [6.07, 6.45) is 3.99. The number of aromatic nitrogens is 5. The zero-order valence-corrected chi connectivity index (χ0v) is 11.0. The van der Waals surface area contributed by atoms with Crippen LogP contribution in [0.5, 0.6) is 0 Å². The Morgan fingerprint density at radius 1 is 1.40 bits per heavy atom. The van der Waals surface area contributed by atoms with E-state index in [1.54, 1.807) is 7.05 Å². The molecule has 0 fully saturated rings. The van der Waals surface area contributed by atoms with Crippen molar-refractivity contribution in [2.45, 2.75) is 6.92 Å². The highest BCUT2D eigenvalue weighted by molar-refractivity contribution is 5.56. The Bertz CT molecular complexity index is 465. The van der Waals surface area contributed by atoms with E-state index in [1.807, 2.05) is 37.0 Å². The Hall–Kier alpha value is -1.05. The second kappa shape index (κ2) is 4.65. The topological polar surface area (TPSA) is 47.5 Å². The Morgan fingerprint density at radius 3 is 2.73 bits per heavy atom. The summed E-state index contributed by atoms with van der Waals surface area (Å²) < 4.78 is 1.97. The molecule has 0 saturated carbocycles. The molecule has 0 atom stereocenters. The molecule has 15 heavy (non-hydrogen) atoms. The molecule has 80 valence electrons. The van der Waals surface area contributed by atoms with E-state index in [-0.39, 0.29) is 24.0 Å². The Morgan fingerprint density at radius 2 is 2.13 bits per heavy atom. The minimum atomic E-state index is 0. The van der Waals surface area contributed by atoms with Crippen LogP contribution >= 0.6 is 0 Å². The van der Waals surface area contributed by atoms with Gasteiger partial charge in [-0.25, -0.2) is 4.57 Å². The van der Waals surface area contributed by atoms with Gasteiger partial charge in [-0.2, -0.15) is 4.80 Å². The summed E-state index contributed by atoms with van der Waals surface area (Å²) in [6.45, 7) is 2.03. The second-order valence-electron chi connectivity index (χ2n) is 3.31. The summed E-state index contributed by atoms with van der Waals surface area (Å²) >= 11 is 0. The van der Waals surface area contributed by atoms with Crippen LogP contribution in [0, 0.1) is 6.92 Å². The maximum Gasteiger partial charge on any atom is 0.211 e. The van der Waals surface area contributed by atoms with Gasteiger partial charge in [0.05, 0.1) is 12.6 Å². The lowest BCUT2D eigenvalue weighted by atomic mass is 10.1. The highest BCUT2D eigenvalue weighted by atomic mass is 127. The molecule has 0 aromatic carbocycles. The summed E-state index contributed by atoms with van der Waals surface area (Å²) in [6, 6.07) is 2.03. The van der Waals surface area contributed by atoms with Crippen molar-refractivity contribution in [3.05, 3.63) is 24.0 Å². The lowest BCUT2D eigenvalue weighted by molar-refractivity contribution is -0.671. The molecule has 2 aromatic heterocycles. The normalized spacial score (nSPS) is 9.80. The molecule has 0 bridgehead atoms. The van der Waals surface area contributed by atoms with Crippen molar-refractivity contribution in [1.82, 2.24) is 20.2 Å². The molecule has 2 rings (SSSR count). The van der Waals surface area contributed by atoms with Crippen molar-refractivity contribution in [2.75, 3.05) is 0 Å². The zero-order chi connectivity index (χ0) is 10.1. The minimum Gasteiger partial charge on any atom is -1.00 e. The first-order valence-corrected chi connectivity index (χ1v) is 4.37. The van der Waals surface area contributed by atoms with Gasteiger partial charge in [0.1, 0.15) is 7.05 Å². The van der Waals surface area contributed by atoms with Crippen molar-refractivity contribution in [1.29, 1.82) is 0 Å². The number of rotatable bonds is 1. The van der Waals surface area contributed by atoms with Crippen molar-refractivity contribution in [3.8, 4) is 11.4 Å². The number of nitrogens with zero attached hydrogens (tertiary/aromatic N) is 5. The molecule has 0 aliphatic rings. The van der Waals surface area contributed by atoms with Crippen molar-refractivity contribution in [3.63, 3.8) is 0 Å². The van der Waals surface area contributed by atoms with Crippen LogP contribution in [-0.2, 0) is 14.1 Å². The quantitative estimate of drug-likeness (QED) is 0.416. The summed E-state index contributed by atoms with van der Waals surface area (Å²) in [5.41, 5.74) is 2.17. The minimum absolute atomic E-state index is 0. The number of hydrogen-bond donors (Lipinski definition) is 0. The third-order valence-corrected chi connectivity index (χ3v) is 2.07. The average Bonchev–Trinajstić information content (AvgIpc) is 2.56. The van der Waals surface area contributed by atoms with Gasteiger partial charge in [-0.3, -0.25) is 0 Å². The van der Waals surface area contributed by atoms with Crippen LogP contribution < -0.4 is 28.5 Å². The Kier molecular flexibility index (Phi) is 3.72. The third kappa shape index (κ3) is 2.49. The first-order valence-electron chi connectivity index (χ1n) is 4.37. The van der Waals surface area contributed by atoms with E-state index in [1.165, 1.54) is 4.80 Å². The summed E-state index contributed by atoms with van der Waals surface area (Å²) in [5.74, 6) is 0.668. The maximum atomic E-state index is 4.16. The standard InChI is InChI=1S/C9H12N5.HI/c1-7-4-5-13(2)6-8(7)9-10-12-14(3)11-9;/h4-6H,1-3H3;1H/q+1;/p-1. The van der Waals surface area contributed by atoms with Crippen LogP contribution in [0.25, 0.3) is 11.4 Å². The molecule has 2 aromatic rings. The first kappa shape index (κ1) is 12.0. The van der Waals surface area contributed by atoms with Crippen molar-refractivity contribution >= 4 is 0 Å². The van der Waals surface area contributed by atoms with E-state index < -0.39 is 0 Å². The van der Waals surface area contributed by atoms with Gasteiger partial charge >= 0.3 is 0 Å². The molecule has 6 heteroatoms. The van der Waals surface area contributed by atoms with Crippen LogP contribution in [0.2, 0.25) is 0 Å². The SMILES string of the molecule is Cc1cc[n+](C)cc1-c1nnn(C)n1.[I-]. The summed E-state index contributed by atoms with van der Waals surface area (Å²) in [7, 11) is 3.73. The molecule has 0 radical (unpaired) electrons. The van der Waals surface area contributed by atoms with Gasteiger partial charge in [0.15, 0.2) is 12.4 Å². The first-order chi connectivity index (χ1) is 6.66. The predicted molar refractivity (Wildman–Crippen MR) is 50.1 cm³/mol. The second-order valence-corrected chi connectivity index (χ2v) is 3.31. The Balaban J connectivity index is 0.00000112. The van der Waals surface area contributed by atoms with Gasteiger partial charge in [0, 0.05) is 6.07 Å². The number of halogens is 1. The molecule has 0 amide bonds. The van der Waals surface area contributed by atoms with Gasteiger partial charge in [-0.1, -0.05) is 0 Å². The van der Waals surface area contributed by atoms with Crippen molar-refractivity contribution in [2.24, 2.45) is 14.1 Å². The summed E-state index contributed by atoms with van der Waals surface area (Å²) in [4.78, 5) is 1.46. The molecule has 0 unspecified atom stereocenters. The van der Waals surface area contributed by atoms with Gasteiger partial charge in [0.2, 0.25) is 5.82 Å². The van der Waals surface area contributed by atoms with E-state index in [0.717, 1.165) is 11.1 Å². The lowest BCUT2D eigenvalue weighted by Crippen LogP contribution is -3.00. The molecule has 0 aliphatic carbocycles. The molecule has 0 N–H and O–H groups in total. The predicted octanol–water partition coefficient (Wildman–Crippen LogP) is -2.99. The third-order valence-electron chi connectivity index (χ3n) is 2.07. The highest BCUT2D eigenvalue weighted by Gasteiger charge is 2.11. The lowest BCUT2D eigenvalue weighted by Gasteiger charge is -1.96. The molecule has 2 heterocycles. The number of tetrazole rings is 1. The largest absolute Gasteiger partial charge is 1.00 e. The fourth-order valence-corrected chi connectivity index (χ4v) is 1.29. The summed E-state index contributed by atoms with van der Waals surface area (Å²) in [5, 5.41) is 12.0. The molecular formula is C9H12IN5. The Labute approximate surface area is 105 Å². The zero-order valence-electron chi connectivity index (χ0n) is 8.85. The molecule has 0 spiro atoms. The molecule has 5 nitrogen and oxygen atoms in total. The van der Waals surface area contributed by atoms with Crippen LogP contribution in [-0.4, -0.2) is 20.2 Å². The van der Waals surface area contributed by atoms with E-state index in [2.05, 4.69) is 15.4 Å². The highest BCUT2D eigenvalue weighted by Crippen LogP contribution is 2.15. The number of aryl methyl sites for hydroxylation is 3. The van der Waals surface area contributed by atoms with Crippen LogP contribution in [0.1, 0.15) is 5.56 Å². The van der Waals surface area contributed by atoms with Crippen LogP contribution in [0.3, 0.4) is 0 Å². The number of hydrogen-bond acceptors (Lipinski definition) is 3. The van der Waals surface area contributed by atoms with Gasteiger partial charge in [-0.15, -0.1) is 10.2 Å². The fourth-order valence-electron chi connectivity index (χ4n) is 1.29. The van der Waals surface area contributed by atoms with Crippen LogP contribution in [0.4, 0.5) is 0 Å². The molecule has 0 aliphatic heterocycles. The smallest absolute Gasteiger partial charge is 0.211 e. The van der Waals surface area contributed by atoms with E-state index in [9.17, 15) is 0 Å². The average molecular weight is 317 g/mol. The number of pyridine rings is 1. The monoisotopic (exact) mass is 317 g/mol. The molecular weight excluding hydrogens is 305 g/mol. The van der Waals surface area contributed by atoms with E-state index >= 15 is 0 Å².